The lowest BCUT2D eigenvalue weighted by molar-refractivity contribution is -0.132. The van der Waals surface area contributed by atoms with E-state index in [9.17, 15) is 18.4 Å². The highest BCUT2D eigenvalue weighted by atomic mass is 19.1. The van der Waals surface area contributed by atoms with Gasteiger partial charge in [-0.15, -0.1) is 0 Å². The number of nitrogens with one attached hydrogen (secondary N) is 1. The molecule has 3 amide bonds. The van der Waals surface area contributed by atoms with Crippen molar-refractivity contribution in [3.63, 3.8) is 0 Å². The van der Waals surface area contributed by atoms with Crippen LogP contribution in [0.3, 0.4) is 0 Å². The minimum atomic E-state index is -0.381. The first-order chi connectivity index (χ1) is 14.0. The summed E-state index contributed by atoms with van der Waals surface area (Å²) in [5.41, 5.74) is 2.76. The van der Waals surface area contributed by atoms with E-state index in [2.05, 4.69) is 5.32 Å². The van der Waals surface area contributed by atoms with E-state index in [0.29, 0.717) is 23.4 Å². The summed E-state index contributed by atoms with van der Waals surface area (Å²) in [6.07, 6.45) is 2.74. The van der Waals surface area contributed by atoms with Crippen LogP contribution in [-0.4, -0.2) is 40.9 Å². The Morgan fingerprint density at radius 2 is 2.00 bits per heavy atom. The van der Waals surface area contributed by atoms with Gasteiger partial charge in [-0.05, 0) is 41.8 Å². The number of amides is 3. The van der Waals surface area contributed by atoms with Crippen LogP contribution in [0.4, 0.5) is 19.3 Å². The van der Waals surface area contributed by atoms with Crippen molar-refractivity contribution < 1.29 is 18.4 Å². The number of nitrogens with zero attached hydrogens (tertiary/aromatic N) is 2. The van der Waals surface area contributed by atoms with E-state index in [0.717, 1.165) is 12.0 Å². The topological polar surface area (TPSA) is 52.7 Å². The van der Waals surface area contributed by atoms with Crippen LogP contribution in [-0.2, 0) is 11.3 Å². The van der Waals surface area contributed by atoms with E-state index >= 15 is 0 Å². The maximum atomic E-state index is 14.1. The molecule has 2 bridgehead atoms. The monoisotopic (exact) mass is 395 g/mol. The number of hydrogen-bond acceptors (Lipinski definition) is 2. The smallest absolute Gasteiger partial charge is 0.322 e. The van der Waals surface area contributed by atoms with Crippen molar-refractivity contribution in [1.82, 2.24) is 9.80 Å². The van der Waals surface area contributed by atoms with Crippen LogP contribution in [0.2, 0.25) is 0 Å². The standard InChI is InChI=1S/C22H19F2N3O2/c23-15-5-6-20-14(7-15)10-26(22(29)25-20)12-21(28)27-11-13-8-16(27)9-18(13)17-3-1-2-4-19(17)24/h1-7,9,13,16H,8,10-12H2,(H,25,29)/t13-,16-/m0/s1. The second-order valence-electron chi connectivity index (χ2n) is 7.74. The summed E-state index contributed by atoms with van der Waals surface area (Å²) in [6, 6.07) is 10.4. The third-order valence-electron chi connectivity index (χ3n) is 5.94. The van der Waals surface area contributed by atoms with Crippen molar-refractivity contribution in [3.05, 3.63) is 71.3 Å². The lowest BCUT2D eigenvalue weighted by Gasteiger charge is -2.32. The molecule has 2 aromatic carbocycles. The highest BCUT2D eigenvalue weighted by Crippen LogP contribution is 2.43. The number of benzene rings is 2. The summed E-state index contributed by atoms with van der Waals surface area (Å²) >= 11 is 0. The van der Waals surface area contributed by atoms with E-state index in [1.807, 2.05) is 12.1 Å². The van der Waals surface area contributed by atoms with E-state index in [1.54, 1.807) is 17.0 Å². The number of urea groups is 1. The summed E-state index contributed by atoms with van der Waals surface area (Å²) in [5, 5.41) is 2.70. The van der Waals surface area contributed by atoms with Crippen LogP contribution in [0, 0.1) is 17.6 Å². The molecular weight excluding hydrogens is 376 g/mol. The maximum absolute atomic E-state index is 14.1. The van der Waals surface area contributed by atoms with Crippen molar-refractivity contribution in [1.29, 1.82) is 0 Å². The lowest BCUT2D eigenvalue weighted by Crippen LogP contribution is -2.47. The summed E-state index contributed by atoms with van der Waals surface area (Å²) < 4.78 is 27.6. The molecule has 2 aromatic rings. The Morgan fingerprint density at radius 1 is 1.17 bits per heavy atom. The largest absolute Gasteiger partial charge is 0.334 e. The number of fused-ring (bicyclic) bond motifs is 3. The van der Waals surface area contributed by atoms with Gasteiger partial charge in [0.25, 0.3) is 0 Å². The number of likely N-dealkylation sites (tertiary alicyclic amines) is 1. The normalized spacial score (nSPS) is 22.4. The molecule has 0 unspecified atom stereocenters. The van der Waals surface area contributed by atoms with E-state index in [-0.39, 0.29) is 48.6 Å². The van der Waals surface area contributed by atoms with Crippen molar-refractivity contribution in [3.8, 4) is 0 Å². The third kappa shape index (κ3) is 3.06. The molecule has 7 heteroatoms. The molecule has 148 valence electrons. The second kappa shape index (κ2) is 6.69. The van der Waals surface area contributed by atoms with E-state index in [1.165, 1.54) is 29.2 Å². The quantitative estimate of drug-likeness (QED) is 0.863. The molecule has 2 heterocycles. The molecule has 0 radical (unpaired) electrons. The van der Waals surface area contributed by atoms with E-state index < -0.39 is 0 Å². The van der Waals surface area contributed by atoms with Gasteiger partial charge in [0, 0.05) is 23.7 Å². The van der Waals surface area contributed by atoms with Gasteiger partial charge in [-0.3, -0.25) is 4.79 Å². The van der Waals surface area contributed by atoms with Crippen LogP contribution in [0.25, 0.3) is 5.57 Å². The van der Waals surface area contributed by atoms with Gasteiger partial charge in [-0.2, -0.15) is 0 Å². The number of hydrogen-bond donors (Lipinski definition) is 1. The molecule has 3 aliphatic rings. The third-order valence-corrected chi connectivity index (χ3v) is 5.94. The highest BCUT2D eigenvalue weighted by Gasteiger charge is 2.42. The predicted octanol–water partition coefficient (Wildman–Crippen LogP) is 3.63. The predicted molar refractivity (Wildman–Crippen MR) is 104 cm³/mol. The maximum Gasteiger partial charge on any atom is 0.322 e. The van der Waals surface area contributed by atoms with Crippen molar-refractivity contribution in [2.45, 2.75) is 19.0 Å². The van der Waals surface area contributed by atoms with Crippen LogP contribution in [0.1, 0.15) is 17.5 Å². The van der Waals surface area contributed by atoms with Gasteiger partial charge < -0.3 is 15.1 Å². The zero-order valence-electron chi connectivity index (χ0n) is 15.6. The van der Waals surface area contributed by atoms with Gasteiger partial charge in [0.15, 0.2) is 0 Å². The van der Waals surface area contributed by atoms with Gasteiger partial charge in [-0.1, -0.05) is 24.3 Å². The Kier molecular flexibility index (Phi) is 4.12. The van der Waals surface area contributed by atoms with Gasteiger partial charge in [0.1, 0.15) is 18.2 Å². The fraction of sp³-hybridized carbons (Fsp3) is 0.273. The molecule has 5 rings (SSSR count). The Hall–Kier alpha value is -3.22. The molecule has 2 atom stereocenters. The average molecular weight is 395 g/mol. The first-order valence-corrected chi connectivity index (χ1v) is 9.60. The van der Waals surface area contributed by atoms with Gasteiger partial charge in [-0.25, -0.2) is 13.6 Å². The lowest BCUT2D eigenvalue weighted by atomic mass is 9.95. The summed E-state index contributed by atoms with van der Waals surface area (Å²) in [6.45, 7) is 0.626. The zero-order chi connectivity index (χ0) is 20.1. The SMILES string of the molecule is O=C1Nc2ccc(F)cc2CN1CC(=O)N1C[C@@H]2C[C@H]1C=C2c1ccccc1F. The first kappa shape index (κ1) is 17.8. The molecule has 2 aliphatic heterocycles. The number of halogens is 2. The summed E-state index contributed by atoms with van der Waals surface area (Å²) in [4.78, 5) is 28.3. The summed E-state index contributed by atoms with van der Waals surface area (Å²) in [5.74, 6) is -0.684. The highest BCUT2D eigenvalue weighted by molar-refractivity contribution is 5.95. The van der Waals surface area contributed by atoms with Crippen molar-refractivity contribution in [2.75, 3.05) is 18.4 Å². The fourth-order valence-electron chi connectivity index (χ4n) is 4.55. The number of carbonyl (C=O) groups excluding carboxylic acids is 2. The Balaban J connectivity index is 1.30. The minimum Gasteiger partial charge on any atom is -0.334 e. The van der Waals surface area contributed by atoms with Crippen LogP contribution >= 0.6 is 0 Å². The Morgan fingerprint density at radius 3 is 2.76 bits per heavy atom. The van der Waals surface area contributed by atoms with Crippen molar-refractivity contribution >= 4 is 23.2 Å². The van der Waals surface area contributed by atoms with Gasteiger partial charge in [0.2, 0.25) is 5.91 Å². The Bertz CT molecular complexity index is 1050. The zero-order valence-corrected chi connectivity index (χ0v) is 15.6. The molecule has 1 saturated heterocycles. The van der Waals surface area contributed by atoms with Gasteiger partial charge >= 0.3 is 6.03 Å². The van der Waals surface area contributed by atoms with Crippen LogP contribution in [0.15, 0.2) is 48.5 Å². The minimum absolute atomic E-state index is 0.0755. The number of anilines is 1. The summed E-state index contributed by atoms with van der Waals surface area (Å²) in [7, 11) is 0. The molecule has 1 aliphatic carbocycles. The number of carbonyl (C=O) groups is 2. The molecule has 1 fully saturated rings. The molecular formula is C22H19F2N3O2. The van der Waals surface area contributed by atoms with Crippen LogP contribution in [0.5, 0.6) is 0 Å². The fourth-order valence-corrected chi connectivity index (χ4v) is 4.55. The Labute approximate surface area is 166 Å². The van der Waals surface area contributed by atoms with E-state index in [4.69, 9.17) is 0 Å². The number of rotatable bonds is 3. The van der Waals surface area contributed by atoms with Crippen molar-refractivity contribution in [2.24, 2.45) is 5.92 Å². The van der Waals surface area contributed by atoms with Crippen LogP contribution < -0.4 is 5.32 Å². The van der Waals surface area contributed by atoms with Gasteiger partial charge in [0.05, 0.1) is 12.6 Å². The molecule has 5 nitrogen and oxygen atoms in total. The average Bonchev–Trinajstić information content (AvgIpc) is 3.30. The molecule has 0 spiro atoms. The second-order valence-corrected chi connectivity index (χ2v) is 7.74. The first-order valence-electron chi connectivity index (χ1n) is 9.60. The molecule has 1 N–H and O–H groups in total. The molecule has 29 heavy (non-hydrogen) atoms. The molecule has 0 saturated carbocycles. The molecule has 0 aromatic heterocycles.